The maximum atomic E-state index is 13.2. The van der Waals surface area contributed by atoms with Gasteiger partial charge in [0.1, 0.15) is 6.17 Å². The van der Waals surface area contributed by atoms with Gasteiger partial charge in [0, 0.05) is 10.5 Å². The highest BCUT2D eigenvalue weighted by atomic mass is 79.9. The minimum absolute atomic E-state index is 0.177. The highest BCUT2D eigenvalue weighted by molar-refractivity contribution is 9.10. The van der Waals surface area contributed by atoms with Crippen LogP contribution in [0.15, 0.2) is 28.7 Å². The molecule has 0 amide bonds. The first-order valence-corrected chi connectivity index (χ1v) is 5.68. The molecule has 0 bridgehead atoms. The summed E-state index contributed by atoms with van der Waals surface area (Å²) in [5.74, 6) is 0. The van der Waals surface area contributed by atoms with Crippen LogP contribution in [-0.2, 0) is 0 Å². The minimum atomic E-state index is -0.653. The fourth-order valence-electron chi connectivity index (χ4n) is 1.85. The Hall–Kier alpha value is -0.410. The molecule has 1 saturated heterocycles. The summed E-state index contributed by atoms with van der Waals surface area (Å²) in [7, 11) is 0. The maximum Gasteiger partial charge on any atom is 0.103 e. The summed E-state index contributed by atoms with van der Waals surface area (Å²) < 4.78 is 14.2. The van der Waals surface area contributed by atoms with Gasteiger partial charge in [0.2, 0.25) is 0 Å². The van der Waals surface area contributed by atoms with E-state index >= 15 is 0 Å². The average Bonchev–Trinajstić information content (AvgIpc) is 2.18. The van der Waals surface area contributed by atoms with Gasteiger partial charge < -0.3 is 5.32 Å². The van der Waals surface area contributed by atoms with E-state index in [4.69, 9.17) is 0 Å². The van der Waals surface area contributed by atoms with Crippen molar-refractivity contribution in [2.24, 2.45) is 0 Å². The van der Waals surface area contributed by atoms with Crippen molar-refractivity contribution in [3.8, 4) is 0 Å². The van der Waals surface area contributed by atoms with Crippen LogP contribution in [0.2, 0.25) is 0 Å². The Morgan fingerprint density at radius 3 is 3.00 bits per heavy atom. The van der Waals surface area contributed by atoms with E-state index in [1.165, 1.54) is 5.56 Å². The van der Waals surface area contributed by atoms with E-state index in [9.17, 15) is 4.39 Å². The molecular formula is C11H13BrFN. The van der Waals surface area contributed by atoms with Crippen LogP contribution in [0.3, 0.4) is 0 Å². The average molecular weight is 258 g/mol. The van der Waals surface area contributed by atoms with E-state index in [-0.39, 0.29) is 6.04 Å². The fourth-order valence-corrected chi connectivity index (χ4v) is 2.27. The number of nitrogens with one attached hydrogen (secondary N) is 1. The molecule has 1 N–H and O–H groups in total. The van der Waals surface area contributed by atoms with Crippen LogP contribution in [0.5, 0.6) is 0 Å². The third-order valence-corrected chi connectivity index (χ3v) is 3.08. The van der Waals surface area contributed by atoms with Crippen molar-refractivity contribution in [2.45, 2.75) is 25.1 Å². The van der Waals surface area contributed by atoms with Crippen molar-refractivity contribution in [3.05, 3.63) is 34.3 Å². The third kappa shape index (κ3) is 2.34. The molecule has 3 heteroatoms. The van der Waals surface area contributed by atoms with Crippen LogP contribution in [0, 0.1) is 0 Å². The predicted octanol–water partition coefficient (Wildman–Crippen LogP) is 3.21. The topological polar surface area (TPSA) is 12.0 Å². The molecule has 1 aromatic carbocycles. The smallest absolute Gasteiger partial charge is 0.103 e. The van der Waals surface area contributed by atoms with Crippen LogP contribution in [0.25, 0.3) is 0 Å². The van der Waals surface area contributed by atoms with Gasteiger partial charge in [0.05, 0.1) is 0 Å². The van der Waals surface area contributed by atoms with Gasteiger partial charge in [-0.2, -0.15) is 0 Å². The zero-order valence-corrected chi connectivity index (χ0v) is 9.43. The van der Waals surface area contributed by atoms with Crippen molar-refractivity contribution in [2.75, 3.05) is 6.54 Å². The highest BCUT2D eigenvalue weighted by Crippen LogP contribution is 2.26. The molecule has 0 radical (unpaired) electrons. The maximum absolute atomic E-state index is 13.2. The second-order valence-electron chi connectivity index (χ2n) is 3.68. The van der Waals surface area contributed by atoms with Crippen LogP contribution in [-0.4, -0.2) is 12.7 Å². The Balaban J connectivity index is 2.14. The summed E-state index contributed by atoms with van der Waals surface area (Å²) >= 11 is 3.42. The Kier molecular flexibility index (Phi) is 3.19. The lowest BCUT2D eigenvalue weighted by Crippen LogP contribution is -2.32. The lowest BCUT2D eigenvalue weighted by atomic mass is 9.96. The van der Waals surface area contributed by atoms with E-state index in [0.29, 0.717) is 12.8 Å². The predicted molar refractivity (Wildman–Crippen MR) is 59.0 cm³/mol. The van der Waals surface area contributed by atoms with Gasteiger partial charge in [-0.3, -0.25) is 0 Å². The Morgan fingerprint density at radius 2 is 2.29 bits per heavy atom. The SMILES string of the molecule is FC1CCNC(c2cccc(Br)c2)C1. The first-order chi connectivity index (χ1) is 6.75. The van der Waals surface area contributed by atoms with E-state index in [1.807, 2.05) is 18.2 Å². The molecule has 2 unspecified atom stereocenters. The number of rotatable bonds is 1. The first kappa shape index (κ1) is 10.1. The first-order valence-electron chi connectivity index (χ1n) is 4.88. The van der Waals surface area contributed by atoms with Crippen molar-refractivity contribution < 1.29 is 4.39 Å². The van der Waals surface area contributed by atoms with Gasteiger partial charge in [-0.05, 0) is 37.1 Å². The van der Waals surface area contributed by atoms with Gasteiger partial charge in [0.25, 0.3) is 0 Å². The number of halogens is 2. The number of hydrogen-bond acceptors (Lipinski definition) is 1. The van der Waals surface area contributed by atoms with Gasteiger partial charge >= 0.3 is 0 Å². The monoisotopic (exact) mass is 257 g/mol. The molecular weight excluding hydrogens is 245 g/mol. The molecule has 2 atom stereocenters. The van der Waals surface area contributed by atoms with Gasteiger partial charge in [-0.25, -0.2) is 4.39 Å². The molecule has 1 aliphatic heterocycles. The van der Waals surface area contributed by atoms with Crippen molar-refractivity contribution in [1.82, 2.24) is 5.32 Å². The second-order valence-corrected chi connectivity index (χ2v) is 4.60. The van der Waals surface area contributed by atoms with Crippen LogP contribution in [0.4, 0.5) is 4.39 Å². The molecule has 1 nitrogen and oxygen atoms in total. The lowest BCUT2D eigenvalue weighted by molar-refractivity contribution is 0.224. The van der Waals surface area contributed by atoms with E-state index in [1.54, 1.807) is 0 Å². The van der Waals surface area contributed by atoms with E-state index in [2.05, 4.69) is 27.3 Å². The fraction of sp³-hybridized carbons (Fsp3) is 0.455. The van der Waals surface area contributed by atoms with Crippen molar-refractivity contribution >= 4 is 15.9 Å². The van der Waals surface area contributed by atoms with Crippen molar-refractivity contribution in [3.63, 3.8) is 0 Å². The number of alkyl halides is 1. The molecule has 0 aliphatic carbocycles. The van der Waals surface area contributed by atoms with Gasteiger partial charge in [0.15, 0.2) is 0 Å². The molecule has 1 aromatic rings. The normalized spacial score (nSPS) is 27.6. The molecule has 76 valence electrons. The van der Waals surface area contributed by atoms with E-state index < -0.39 is 6.17 Å². The van der Waals surface area contributed by atoms with Crippen LogP contribution < -0.4 is 5.32 Å². The Morgan fingerprint density at radius 1 is 1.43 bits per heavy atom. The summed E-state index contributed by atoms with van der Waals surface area (Å²) in [5.41, 5.74) is 1.17. The molecule has 14 heavy (non-hydrogen) atoms. The van der Waals surface area contributed by atoms with Crippen LogP contribution >= 0.6 is 15.9 Å². The summed E-state index contributed by atoms with van der Waals surface area (Å²) in [6.07, 6.45) is 0.584. The molecule has 1 heterocycles. The Bertz CT molecular complexity index is 316. The van der Waals surface area contributed by atoms with Crippen LogP contribution in [0.1, 0.15) is 24.4 Å². The second kappa shape index (κ2) is 4.41. The highest BCUT2D eigenvalue weighted by Gasteiger charge is 2.21. The summed E-state index contributed by atoms with van der Waals surface area (Å²) in [6.45, 7) is 0.776. The van der Waals surface area contributed by atoms with E-state index in [0.717, 1.165) is 11.0 Å². The third-order valence-electron chi connectivity index (χ3n) is 2.59. The summed E-state index contributed by atoms with van der Waals surface area (Å²) in [5, 5.41) is 3.33. The molecule has 0 aromatic heterocycles. The minimum Gasteiger partial charge on any atom is -0.310 e. The standard InChI is InChI=1S/C11H13BrFN/c12-9-3-1-2-8(6-9)11-7-10(13)4-5-14-11/h1-3,6,10-11,14H,4-5,7H2. The summed E-state index contributed by atoms with van der Waals surface area (Å²) in [4.78, 5) is 0. The molecule has 1 aliphatic rings. The Labute approximate surface area is 91.8 Å². The van der Waals surface area contributed by atoms with Gasteiger partial charge in [-0.15, -0.1) is 0 Å². The number of piperidine rings is 1. The molecule has 0 saturated carbocycles. The summed E-state index contributed by atoms with van der Waals surface area (Å²) in [6, 6.07) is 8.24. The van der Waals surface area contributed by atoms with Crippen molar-refractivity contribution in [1.29, 1.82) is 0 Å². The molecule has 1 fully saturated rings. The number of benzene rings is 1. The van der Waals surface area contributed by atoms with Gasteiger partial charge in [-0.1, -0.05) is 28.1 Å². The quantitative estimate of drug-likeness (QED) is 0.815. The zero-order valence-electron chi connectivity index (χ0n) is 7.84. The lowest BCUT2D eigenvalue weighted by Gasteiger charge is -2.26. The largest absolute Gasteiger partial charge is 0.310 e. The molecule has 2 rings (SSSR count). The molecule has 0 spiro atoms. The number of hydrogen-bond donors (Lipinski definition) is 1. The zero-order chi connectivity index (χ0) is 9.97.